The Morgan fingerprint density at radius 2 is 0.886 bits per heavy atom. The number of halogens is 1. The van der Waals surface area contributed by atoms with Crippen LogP contribution in [0.2, 0.25) is 0 Å². The van der Waals surface area contributed by atoms with E-state index in [1.165, 1.54) is 61.8 Å². The molecule has 0 bridgehead atoms. The molecule has 1 aliphatic carbocycles. The van der Waals surface area contributed by atoms with E-state index in [0.29, 0.717) is 33.4 Å². The van der Waals surface area contributed by atoms with Crippen LogP contribution in [0.4, 0.5) is 4.39 Å². The molecule has 0 fully saturated rings. The Kier molecular flexibility index (Phi) is 14.8. The number of aliphatic imine (C=N–C) groups is 1. The second kappa shape index (κ2) is 21.8. The number of nitrogens with zero attached hydrogens (tertiary/aromatic N) is 1. The lowest BCUT2D eigenvalue weighted by Crippen LogP contribution is -2.52. The molecule has 2 aliphatic rings. The Bertz CT molecular complexity index is 3240. The van der Waals surface area contributed by atoms with E-state index in [1.54, 1.807) is 164 Å². The zero-order chi connectivity index (χ0) is 48.9. The quantitative estimate of drug-likeness (QED) is 0.0721. The SMILES string of the molecule is COC1=CC=C2N=C(C(=Cc3ccccc3)C(=O)C=Cc3ccccc3)C(O)(C(=Cc3ccccc3)C(=O)C=Cc3ccccc3)C(C=O)=C2C1(F)C(=Cc1ccccc1)C(=O)C=Cc1ccccc1. The summed E-state index contributed by atoms with van der Waals surface area (Å²) in [6, 6.07) is 53.0. The van der Waals surface area contributed by atoms with E-state index in [0.717, 1.165) is 0 Å². The standard InChI is InChI=1S/C62H46FNO6/c1-70-58-39-35-54-59(61(58,63)51(41-48-28-16-6-17-29-48)56(67)37-33-45-22-10-3-11-23-45)53(43-65)62(69,52(42-49-30-18-7-19-31-49)57(68)38-34-46-24-12-4-13-25-46)60(64-54)50(40-47-26-14-5-15-27-47)55(66)36-32-44-20-8-2-9-21-44/h2-43,69H,1H3. The van der Waals surface area contributed by atoms with E-state index in [2.05, 4.69) is 0 Å². The lowest BCUT2D eigenvalue weighted by Gasteiger charge is -2.42. The molecule has 8 rings (SSSR count). The highest BCUT2D eigenvalue weighted by Gasteiger charge is 2.58. The minimum absolute atomic E-state index is 0.214. The summed E-state index contributed by atoms with van der Waals surface area (Å²) in [7, 11) is 1.23. The molecule has 6 aromatic rings. The molecular weight excluding hydrogens is 874 g/mol. The first-order valence-electron chi connectivity index (χ1n) is 22.4. The van der Waals surface area contributed by atoms with Crippen LogP contribution in [0.1, 0.15) is 33.4 Å². The van der Waals surface area contributed by atoms with Gasteiger partial charge in [-0.2, -0.15) is 0 Å². The fourth-order valence-corrected chi connectivity index (χ4v) is 8.30. The van der Waals surface area contributed by atoms with Crippen LogP contribution < -0.4 is 0 Å². The molecule has 6 aromatic carbocycles. The smallest absolute Gasteiger partial charge is 0.223 e. The van der Waals surface area contributed by atoms with Gasteiger partial charge in [-0.1, -0.05) is 200 Å². The molecule has 70 heavy (non-hydrogen) atoms. The predicted octanol–water partition coefficient (Wildman–Crippen LogP) is 11.9. The number of aldehydes is 1. The maximum Gasteiger partial charge on any atom is 0.223 e. The number of hydrogen-bond donors (Lipinski definition) is 1. The maximum absolute atomic E-state index is 19.7. The van der Waals surface area contributed by atoms with Gasteiger partial charge in [0.1, 0.15) is 12.0 Å². The summed E-state index contributed by atoms with van der Waals surface area (Å²) in [6.07, 6.45) is 15.6. The van der Waals surface area contributed by atoms with Crippen molar-refractivity contribution in [1.82, 2.24) is 0 Å². The summed E-state index contributed by atoms with van der Waals surface area (Å²) < 4.78 is 25.5. The van der Waals surface area contributed by atoms with Crippen molar-refractivity contribution in [3.8, 4) is 0 Å². The van der Waals surface area contributed by atoms with Crippen LogP contribution in [-0.4, -0.2) is 52.8 Å². The number of ether oxygens (including phenoxy) is 1. The van der Waals surface area contributed by atoms with Crippen molar-refractivity contribution in [2.24, 2.45) is 4.99 Å². The normalized spacial score (nSPS) is 18.6. The molecule has 0 saturated heterocycles. The molecule has 342 valence electrons. The number of aliphatic hydroxyl groups is 1. The first-order chi connectivity index (χ1) is 34.1. The van der Waals surface area contributed by atoms with E-state index in [4.69, 9.17) is 9.73 Å². The Balaban J connectivity index is 1.46. The average molecular weight is 920 g/mol. The Hall–Kier alpha value is -8.98. The summed E-state index contributed by atoms with van der Waals surface area (Å²) in [5.74, 6) is -2.68. The van der Waals surface area contributed by atoms with Crippen molar-refractivity contribution in [3.05, 3.63) is 285 Å². The summed E-state index contributed by atoms with van der Waals surface area (Å²) in [5.41, 5.74) is -5.89. The van der Waals surface area contributed by atoms with Gasteiger partial charge in [-0.15, -0.1) is 0 Å². The number of hydrogen-bond acceptors (Lipinski definition) is 7. The number of allylic oxidation sites excluding steroid dienone is 7. The van der Waals surface area contributed by atoms with Gasteiger partial charge in [0.15, 0.2) is 23.0 Å². The molecule has 2 unspecified atom stereocenters. The molecule has 2 atom stereocenters. The van der Waals surface area contributed by atoms with Gasteiger partial charge in [0.2, 0.25) is 5.67 Å². The second-order valence-corrected chi connectivity index (χ2v) is 16.3. The summed E-state index contributed by atoms with van der Waals surface area (Å²) in [6.45, 7) is 0. The van der Waals surface area contributed by atoms with Crippen LogP contribution in [0.25, 0.3) is 36.5 Å². The van der Waals surface area contributed by atoms with Crippen LogP contribution in [0.15, 0.2) is 257 Å². The highest BCUT2D eigenvalue weighted by Crippen LogP contribution is 2.52. The van der Waals surface area contributed by atoms with Gasteiger partial charge in [-0.05, 0) is 82.0 Å². The summed E-state index contributed by atoms with van der Waals surface area (Å²) >= 11 is 0. The molecule has 0 radical (unpaired) electrons. The minimum Gasteiger partial charge on any atom is -0.497 e. The zero-order valence-corrected chi connectivity index (χ0v) is 38.1. The predicted molar refractivity (Wildman–Crippen MR) is 277 cm³/mol. The second-order valence-electron chi connectivity index (χ2n) is 16.3. The molecule has 8 heteroatoms. The van der Waals surface area contributed by atoms with Gasteiger partial charge in [-0.25, -0.2) is 9.38 Å². The third-order valence-electron chi connectivity index (χ3n) is 11.7. The highest BCUT2D eigenvalue weighted by atomic mass is 19.1. The molecule has 0 spiro atoms. The fraction of sp³-hybridized carbons (Fsp3) is 0.0484. The first kappa shape index (κ1) is 47.5. The molecule has 0 amide bonds. The molecule has 0 saturated carbocycles. The number of alkyl halides is 1. The third kappa shape index (κ3) is 10.3. The maximum atomic E-state index is 19.7. The Labute approximate surface area is 406 Å². The van der Waals surface area contributed by atoms with Crippen LogP contribution in [0.5, 0.6) is 0 Å². The van der Waals surface area contributed by atoms with Crippen molar-refractivity contribution >= 4 is 65.8 Å². The molecule has 1 aliphatic heterocycles. The topological polar surface area (TPSA) is 110 Å². The van der Waals surface area contributed by atoms with Gasteiger partial charge in [0, 0.05) is 27.9 Å². The van der Waals surface area contributed by atoms with Crippen LogP contribution in [0.3, 0.4) is 0 Å². The van der Waals surface area contributed by atoms with Gasteiger partial charge in [0.05, 0.1) is 18.5 Å². The van der Waals surface area contributed by atoms with E-state index < -0.39 is 62.4 Å². The third-order valence-corrected chi connectivity index (χ3v) is 11.7. The number of methoxy groups -OCH3 is 1. The molecule has 1 N–H and O–H groups in total. The molecular formula is C62H46FNO6. The van der Waals surface area contributed by atoms with Crippen LogP contribution in [0, 0.1) is 0 Å². The number of dihydropyridines is 1. The monoisotopic (exact) mass is 919 g/mol. The number of carbonyl (C=O) groups excluding carboxylic acids is 4. The van der Waals surface area contributed by atoms with Gasteiger partial charge in [0.25, 0.3) is 0 Å². The molecule has 7 nitrogen and oxygen atoms in total. The van der Waals surface area contributed by atoms with Crippen molar-refractivity contribution in [2.45, 2.75) is 11.3 Å². The van der Waals surface area contributed by atoms with Crippen LogP contribution in [-0.2, 0) is 23.9 Å². The highest BCUT2D eigenvalue weighted by molar-refractivity contribution is 6.37. The average Bonchev–Trinajstić information content (AvgIpc) is 3.40. The van der Waals surface area contributed by atoms with Crippen molar-refractivity contribution in [1.29, 1.82) is 0 Å². The molecule has 1 heterocycles. The number of carbonyl (C=O) groups is 4. The van der Waals surface area contributed by atoms with Crippen molar-refractivity contribution in [2.75, 3.05) is 7.11 Å². The van der Waals surface area contributed by atoms with Gasteiger partial charge in [-0.3, -0.25) is 19.2 Å². The van der Waals surface area contributed by atoms with E-state index in [-0.39, 0.29) is 17.6 Å². The Morgan fingerprint density at radius 3 is 1.30 bits per heavy atom. The Morgan fingerprint density at radius 1 is 0.514 bits per heavy atom. The van der Waals surface area contributed by atoms with Crippen LogP contribution >= 0.6 is 0 Å². The first-order valence-corrected chi connectivity index (χ1v) is 22.4. The van der Waals surface area contributed by atoms with Crippen molar-refractivity contribution in [3.63, 3.8) is 0 Å². The molecule has 0 aromatic heterocycles. The van der Waals surface area contributed by atoms with E-state index in [9.17, 15) is 19.5 Å². The summed E-state index contributed by atoms with van der Waals surface area (Å²) in [5, 5.41) is 14.1. The number of benzene rings is 6. The number of fused-ring (bicyclic) bond motifs is 1. The summed E-state index contributed by atoms with van der Waals surface area (Å²) in [4.78, 5) is 64.4. The zero-order valence-electron chi connectivity index (χ0n) is 38.1. The number of rotatable bonds is 17. The fourth-order valence-electron chi connectivity index (χ4n) is 8.30. The van der Waals surface area contributed by atoms with Crippen molar-refractivity contribution < 1.29 is 33.4 Å². The van der Waals surface area contributed by atoms with Gasteiger partial charge >= 0.3 is 0 Å². The lowest BCUT2D eigenvalue weighted by molar-refractivity contribution is -0.113. The van der Waals surface area contributed by atoms with E-state index >= 15 is 9.18 Å². The van der Waals surface area contributed by atoms with E-state index in [1.807, 2.05) is 30.3 Å². The minimum atomic E-state index is -3.16. The number of ketones is 3. The van der Waals surface area contributed by atoms with Gasteiger partial charge < -0.3 is 9.84 Å². The lowest BCUT2D eigenvalue weighted by atomic mass is 9.67. The largest absolute Gasteiger partial charge is 0.497 e.